The number of aromatic hydroxyl groups is 2. The number of nitrogens with zero attached hydrogens (tertiary/aromatic N) is 1. The van der Waals surface area contributed by atoms with E-state index in [4.69, 9.17) is 9.47 Å². The standard InChI is InChI=1S/C19H21NO4/c1-23-17-8-12-5-6-20-10-14-11(3-4-16(21)19(14)22)7-15(20)13(12)9-18(17)24-2/h3-4,8-9,15,21-22H,5-7,10H2,1-2H3/t15-/m0/s1. The number of phenolic OH excluding ortho intramolecular Hbond substituents is 2. The van der Waals surface area contributed by atoms with Crippen LogP contribution in [0, 0.1) is 0 Å². The van der Waals surface area contributed by atoms with Gasteiger partial charge in [0.05, 0.1) is 14.2 Å². The molecule has 0 saturated carbocycles. The minimum absolute atomic E-state index is 0.0176. The Balaban J connectivity index is 1.78. The van der Waals surface area contributed by atoms with Gasteiger partial charge in [0.25, 0.3) is 0 Å². The van der Waals surface area contributed by atoms with Gasteiger partial charge in [0.15, 0.2) is 23.0 Å². The molecule has 0 saturated heterocycles. The molecule has 0 aliphatic carbocycles. The topological polar surface area (TPSA) is 62.2 Å². The Morgan fingerprint density at radius 3 is 2.54 bits per heavy atom. The van der Waals surface area contributed by atoms with E-state index in [9.17, 15) is 10.2 Å². The SMILES string of the molecule is COc1cc2c(cc1OC)[C@@H]1Cc3ccc(O)c(O)c3CN1CC2. The van der Waals surface area contributed by atoms with Crippen LogP contribution in [0.3, 0.4) is 0 Å². The van der Waals surface area contributed by atoms with Crippen LogP contribution in [0.1, 0.15) is 28.3 Å². The molecule has 0 amide bonds. The summed E-state index contributed by atoms with van der Waals surface area (Å²) < 4.78 is 10.9. The van der Waals surface area contributed by atoms with E-state index in [1.807, 2.05) is 6.07 Å². The third-order valence-electron chi connectivity index (χ3n) is 5.25. The van der Waals surface area contributed by atoms with Crippen molar-refractivity contribution >= 4 is 0 Å². The van der Waals surface area contributed by atoms with Crippen molar-refractivity contribution in [3.63, 3.8) is 0 Å². The molecular formula is C19H21NO4. The Morgan fingerprint density at radius 2 is 1.79 bits per heavy atom. The van der Waals surface area contributed by atoms with E-state index in [2.05, 4.69) is 17.0 Å². The van der Waals surface area contributed by atoms with E-state index < -0.39 is 0 Å². The summed E-state index contributed by atoms with van der Waals surface area (Å²) in [6.07, 6.45) is 1.74. The summed E-state index contributed by atoms with van der Waals surface area (Å²) >= 11 is 0. The molecule has 5 heteroatoms. The predicted octanol–water partition coefficient (Wildman–Crippen LogP) is 2.77. The molecular weight excluding hydrogens is 306 g/mol. The molecule has 0 fully saturated rings. The Labute approximate surface area is 141 Å². The Hall–Kier alpha value is -2.40. The summed E-state index contributed by atoms with van der Waals surface area (Å²) in [6, 6.07) is 7.90. The highest BCUT2D eigenvalue weighted by Gasteiger charge is 2.34. The van der Waals surface area contributed by atoms with E-state index in [0.717, 1.165) is 42.0 Å². The lowest BCUT2D eigenvalue weighted by Crippen LogP contribution is -2.39. The summed E-state index contributed by atoms with van der Waals surface area (Å²) in [7, 11) is 3.31. The number of phenols is 2. The summed E-state index contributed by atoms with van der Waals surface area (Å²) in [5, 5.41) is 19.9. The predicted molar refractivity (Wildman–Crippen MR) is 89.9 cm³/mol. The van der Waals surface area contributed by atoms with Crippen molar-refractivity contribution in [3.05, 3.63) is 46.5 Å². The highest BCUT2D eigenvalue weighted by Crippen LogP contribution is 2.45. The lowest BCUT2D eigenvalue weighted by molar-refractivity contribution is 0.157. The average molecular weight is 327 g/mol. The lowest BCUT2D eigenvalue weighted by Gasteiger charge is -2.41. The molecule has 0 spiro atoms. The smallest absolute Gasteiger partial charge is 0.162 e. The molecule has 1 atom stereocenters. The quantitative estimate of drug-likeness (QED) is 0.831. The third kappa shape index (κ3) is 2.19. The molecule has 24 heavy (non-hydrogen) atoms. The molecule has 2 aromatic rings. The Kier molecular flexibility index (Phi) is 3.53. The van der Waals surface area contributed by atoms with Gasteiger partial charge in [0.2, 0.25) is 0 Å². The van der Waals surface area contributed by atoms with Crippen LogP contribution in [-0.2, 0) is 19.4 Å². The van der Waals surface area contributed by atoms with Crippen LogP contribution in [-0.4, -0.2) is 35.9 Å². The van der Waals surface area contributed by atoms with E-state index in [1.165, 1.54) is 11.1 Å². The van der Waals surface area contributed by atoms with Crippen molar-refractivity contribution < 1.29 is 19.7 Å². The van der Waals surface area contributed by atoms with Crippen molar-refractivity contribution in [2.75, 3.05) is 20.8 Å². The molecule has 0 aromatic heterocycles. The first kappa shape index (κ1) is 15.1. The fraction of sp³-hybridized carbons (Fsp3) is 0.368. The molecule has 2 aliphatic rings. The molecule has 2 aromatic carbocycles. The summed E-state index contributed by atoms with van der Waals surface area (Å²) in [6.45, 7) is 1.57. The van der Waals surface area contributed by atoms with Crippen molar-refractivity contribution in [3.8, 4) is 23.0 Å². The molecule has 126 valence electrons. The van der Waals surface area contributed by atoms with E-state index in [1.54, 1.807) is 20.3 Å². The number of rotatable bonds is 2. The number of ether oxygens (including phenoxy) is 2. The van der Waals surface area contributed by atoms with Crippen LogP contribution in [0.25, 0.3) is 0 Å². The fourth-order valence-corrected chi connectivity index (χ4v) is 3.95. The maximum Gasteiger partial charge on any atom is 0.162 e. The zero-order chi connectivity index (χ0) is 16.8. The Morgan fingerprint density at radius 1 is 1.04 bits per heavy atom. The van der Waals surface area contributed by atoms with E-state index >= 15 is 0 Å². The average Bonchev–Trinajstić information content (AvgIpc) is 2.62. The summed E-state index contributed by atoms with van der Waals surface area (Å²) in [4.78, 5) is 2.36. The highest BCUT2D eigenvalue weighted by atomic mass is 16.5. The van der Waals surface area contributed by atoms with Crippen molar-refractivity contribution in [2.24, 2.45) is 0 Å². The Bertz CT molecular complexity index is 802. The van der Waals surface area contributed by atoms with Crippen molar-refractivity contribution in [1.29, 1.82) is 0 Å². The van der Waals surface area contributed by atoms with Gasteiger partial charge in [-0.2, -0.15) is 0 Å². The van der Waals surface area contributed by atoms with Crippen LogP contribution in [0.15, 0.2) is 24.3 Å². The number of hydrogen-bond acceptors (Lipinski definition) is 5. The van der Waals surface area contributed by atoms with Gasteiger partial charge in [-0.25, -0.2) is 0 Å². The highest BCUT2D eigenvalue weighted by molar-refractivity contribution is 5.53. The van der Waals surface area contributed by atoms with Crippen LogP contribution < -0.4 is 9.47 Å². The molecule has 0 unspecified atom stereocenters. The minimum atomic E-state index is -0.0454. The van der Waals surface area contributed by atoms with Gasteiger partial charge < -0.3 is 19.7 Å². The summed E-state index contributed by atoms with van der Waals surface area (Å²) in [5.41, 5.74) is 4.49. The normalized spacial score (nSPS) is 19.2. The largest absolute Gasteiger partial charge is 0.504 e. The van der Waals surface area contributed by atoms with Gasteiger partial charge in [-0.1, -0.05) is 6.07 Å². The first-order valence-electron chi connectivity index (χ1n) is 8.14. The van der Waals surface area contributed by atoms with Gasteiger partial charge >= 0.3 is 0 Å². The molecule has 4 rings (SSSR count). The van der Waals surface area contributed by atoms with Crippen LogP contribution in [0.5, 0.6) is 23.0 Å². The van der Waals surface area contributed by atoms with E-state index in [-0.39, 0.29) is 17.5 Å². The fourth-order valence-electron chi connectivity index (χ4n) is 3.95. The molecule has 5 nitrogen and oxygen atoms in total. The monoisotopic (exact) mass is 327 g/mol. The van der Waals surface area contributed by atoms with E-state index in [0.29, 0.717) is 6.54 Å². The maximum absolute atomic E-state index is 10.2. The number of methoxy groups -OCH3 is 2. The second-order valence-corrected chi connectivity index (χ2v) is 6.42. The van der Waals surface area contributed by atoms with Crippen LogP contribution in [0.4, 0.5) is 0 Å². The first-order valence-corrected chi connectivity index (χ1v) is 8.14. The molecule has 0 bridgehead atoms. The van der Waals surface area contributed by atoms with Crippen LogP contribution >= 0.6 is 0 Å². The van der Waals surface area contributed by atoms with Crippen molar-refractivity contribution in [2.45, 2.75) is 25.4 Å². The number of hydrogen-bond donors (Lipinski definition) is 2. The second-order valence-electron chi connectivity index (χ2n) is 6.42. The van der Waals surface area contributed by atoms with Gasteiger partial charge in [-0.05, 0) is 47.7 Å². The zero-order valence-corrected chi connectivity index (χ0v) is 13.9. The lowest BCUT2D eigenvalue weighted by atomic mass is 9.83. The second kappa shape index (κ2) is 5.60. The molecule has 2 N–H and O–H groups in total. The number of fused-ring (bicyclic) bond motifs is 4. The first-order chi connectivity index (χ1) is 11.6. The molecule has 2 heterocycles. The van der Waals surface area contributed by atoms with Gasteiger partial charge in [-0.15, -0.1) is 0 Å². The number of benzene rings is 2. The summed E-state index contributed by atoms with van der Waals surface area (Å²) in [5.74, 6) is 1.49. The van der Waals surface area contributed by atoms with Gasteiger partial charge in [-0.3, -0.25) is 4.90 Å². The van der Waals surface area contributed by atoms with Gasteiger partial charge in [0.1, 0.15) is 0 Å². The van der Waals surface area contributed by atoms with Crippen LogP contribution in [0.2, 0.25) is 0 Å². The third-order valence-corrected chi connectivity index (χ3v) is 5.25. The maximum atomic E-state index is 10.2. The molecule has 2 aliphatic heterocycles. The molecule has 0 radical (unpaired) electrons. The minimum Gasteiger partial charge on any atom is -0.504 e. The zero-order valence-electron chi connectivity index (χ0n) is 13.9. The van der Waals surface area contributed by atoms with Gasteiger partial charge in [0, 0.05) is 24.7 Å². The van der Waals surface area contributed by atoms with Crippen molar-refractivity contribution in [1.82, 2.24) is 4.90 Å².